The van der Waals surface area contributed by atoms with E-state index >= 15 is 0 Å². The van der Waals surface area contributed by atoms with Crippen LogP contribution in [0.4, 0.5) is 13.2 Å². The number of nitrogens with zero attached hydrogens (tertiary/aromatic N) is 4. The maximum Gasteiger partial charge on any atom is 0.417 e. The second-order valence-electron chi connectivity index (χ2n) is 11.2. The van der Waals surface area contributed by atoms with Gasteiger partial charge in [0.05, 0.1) is 29.9 Å². The first kappa shape index (κ1) is 27.2. The van der Waals surface area contributed by atoms with Gasteiger partial charge >= 0.3 is 12.1 Å². The normalized spacial score (nSPS) is 30.3. The summed E-state index contributed by atoms with van der Waals surface area (Å²) in [6, 6.07) is 1.19. The summed E-state index contributed by atoms with van der Waals surface area (Å²) in [7, 11) is 1.65. The molecule has 6 rings (SSSR count). The fourth-order valence-electron chi connectivity index (χ4n) is 6.96. The van der Waals surface area contributed by atoms with Crippen molar-refractivity contribution in [1.29, 1.82) is 0 Å². The van der Waals surface area contributed by atoms with E-state index < -0.39 is 17.2 Å². The number of nitrogens with one attached hydrogen (secondary N) is 1. The molecular formula is C27H32F3N5O5. The summed E-state index contributed by atoms with van der Waals surface area (Å²) in [5, 5.41) is 3.70. The molecule has 1 saturated carbocycles. The monoisotopic (exact) mass is 563 g/mol. The lowest BCUT2D eigenvalue weighted by Crippen LogP contribution is -2.52. The Hall–Kier alpha value is -3.03. The number of methoxy groups -OCH3 is 1. The van der Waals surface area contributed by atoms with Gasteiger partial charge in [-0.25, -0.2) is 4.98 Å². The average Bonchev–Trinajstić information content (AvgIpc) is 3.67. The molecule has 2 aromatic rings. The minimum atomic E-state index is -4.52. The lowest BCUT2D eigenvalue weighted by Gasteiger charge is -2.37. The molecule has 1 N–H and O–H groups in total. The molecule has 2 aromatic heterocycles. The van der Waals surface area contributed by atoms with E-state index in [1.807, 2.05) is 0 Å². The summed E-state index contributed by atoms with van der Waals surface area (Å²) in [6.45, 7) is 2.09. The van der Waals surface area contributed by atoms with Crippen LogP contribution in [0.5, 0.6) is 0 Å². The molecule has 2 amide bonds. The highest BCUT2D eigenvalue weighted by Gasteiger charge is 2.60. The number of aromatic nitrogens is 2. The number of ether oxygens (including phenoxy) is 2. The summed E-state index contributed by atoms with van der Waals surface area (Å²) in [5.74, 6) is -0.663. The van der Waals surface area contributed by atoms with Crippen LogP contribution in [0.15, 0.2) is 29.1 Å². The predicted octanol–water partition coefficient (Wildman–Crippen LogP) is 2.29. The summed E-state index contributed by atoms with van der Waals surface area (Å²) in [5.41, 5.74) is -0.713. The molecule has 3 aliphatic heterocycles. The number of oxazole rings is 1. The summed E-state index contributed by atoms with van der Waals surface area (Å²) < 4.78 is 56.5. The number of alkyl halides is 3. The number of hydrogen-bond acceptors (Lipinski definition) is 8. The van der Waals surface area contributed by atoms with Gasteiger partial charge in [0.25, 0.3) is 5.89 Å². The topological polar surface area (TPSA) is 110 Å². The van der Waals surface area contributed by atoms with Crippen LogP contribution in [0.2, 0.25) is 0 Å². The molecule has 13 heteroatoms. The van der Waals surface area contributed by atoms with E-state index in [-0.39, 0.29) is 54.9 Å². The number of halogens is 3. The third kappa shape index (κ3) is 4.88. The number of amides is 2. The maximum absolute atomic E-state index is 14.3. The molecule has 3 fully saturated rings. The Kier molecular flexibility index (Phi) is 7.07. The minimum absolute atomic E-state index is 0.0178. The predicted molar refractivity (Wildman–Crippen MR) is 133 cm³/mol. The summed E-state index contributed by atoms with van der Waals surface area (Å²) in [4.78, 5) is 38.8. The van der Waals surface area contributed by atoms with E-state index in [1.165, 1.54) is 12.5 Å². The largest absolute Gasteiger partial charge is 0.441 e. The lowest BCUT2D eigenvalue weighted by atomic mass is 9.78. The van der Waals surface area contributed by atoms with Crippen molar-refractivity contribution in [3.8, 4) is 0 Å². The van der Waals surface area contributed by atoms with Gasteiger partial charge in [-0.3, -0.25) is 14.6 Å². The van der Waals surface area contributed by atoms with Crippen LogP contribution in [-0.4, -0.2) is 89.7 Å². The molecule has 10 nitrogen and oxygen atoms in total. The van der Waals surface area contributed by atoms with E-state index in [0.717, 1.165) is 18.7 Å². The number of likely N-dealkylation sites (tertiary alicyclic amines) is 1. The van der Waals surface area contributed by atoms with Crippen LogP contribution in [0.25, 0.3) is 0 Å². The highest BCUT2D eigenvalue weighted by molar-refractivity contribution is 5.92. The van der Waals surface area contributed by atoms with Crippen LogP contribution in [0.3, 0.4) is 0 Å². The summed E-state index contributed by atoms with van der Waals surface area (Å²) in [6.07, 6.45) is 1.31. The van der Waals surface area contributed by atoms with E-state index in [9.17, 15) is 22.8 Å². The van der Waals surface area contributed by atoms with Gasteiger partial charge in [0.15, 0.2) is 0 Å². The van der Waals surface area contributed by atoms with Crippen molar-refractivity contribution >= 4 is 11.8 Å². The molecule has 0 aromatic carbocycles. The lowest BCUT2D eigenvalue weighted by molar-refractivity contribution is -0.143. The van der Waals surface area contributed by atoms with E-state index in [4.69, 9.17) is 13.9 Å². The quantitative estimate of drug-likeness (QED) is 0.590. The van der Waals surface area contributed by atoms with E-state index in [2.05, 4.69) is 15.3 Å². The van der Waals surface area contributed by atoms with Crippen molar-refractivity contribution in [2.24, 2.45) is 11.3 Å². The standard InChI is InChI=1S/C27H32F3N5O5/c1-38-22-14-39-6-3-21(22)33-19-9-18-13-35(24(36)23-31-4-7-40-23)15-26(18,10-19)25(37)34-5-2-20-16(12-34)8-17(11-32-20)27(28,29)30/h4,7-8,11,18-19,21-22,33H,2-3,5-6,9-10,12-15H2,1H3/t18-,19+,21?,22?,26-/m0/s1. The van der Waals surface area contributed by atoms with Gasteiger partial charge in [0, 0.05) is 70.3 Å². The van der Waals surface area contributed by atoms with Gasteiger partial charge in [0.2, 0.25) is 5.91 Å². The molecule has 0 bridgehead atoms. The molecule has 2 saturated heterocycles. The molecular weight excluding hydrogens is 531 g/mol. The van der Waals surface area contributed by atoms with Crippen LogP contribution in [0.1, 0.15) is 46.8 Å². The molecule has 40 heavy (non-hydrogen) atoms. The third-order valence-corrected chi connectivity index (χ3v) is 8.91. The first-order chi connectivity index (χ1) is 19.2. The van der Waals surface area contributed by atoms with Gasteiger partial charge in [-0.05, 0) is 36.8 Å². The summed E-state index contributed by atoms with van der Waals surface area (Å²) >= 11 is 0. The molecule has 0 spiro atoms. The Morgan fingerprint density at radius 3 is 2.85 bits per heavy atom. The Balaban J connectivity index is 1.25. The number of hydrogen-bond donors (Lipinski definition) is 1. The molecule has 5 atom stereocenters. The minimum Gasteiger partial charge on any atom is -0.441 e. The zero-order valence-corrected chi connectivity index (χ0v) is 22.2. The van der Waals surface area contributed by atoms with Crippen molar-refractivity contribution in [1.82, 2.24) is 25.1 Å². The molecule has 0 radical (unpaired) electrons. The molecule has 4 aliphatic rings. The van der Waals surface area contributed by atoms with Crippen molar-refractivity contribution in [3.63, 3.8) is 0 Å². The fourth-order valence-corrected chi connectivity index (χ4v) is 6.96. The molecule has 5 heterocycles. The second kappa shape index (κ2) is 10.4. The van der Waals surface area contributed by atoms with Crippen LogP contribution in [0, 0.1) is 11.3 Å². The average molecular weight is 564 g/mol. The molecule has 216 valence electrons. The van der Waals surface area contributed by atoms with Crippen molar-refractivity contribution in [2.75, 3.05) is 40.0 Å². The number of carbonyl (C=O) groups excluding carboxylic acids is 2. The number of pyridine rings is 1. The highest BCUT2D eigenvalue weighted by atomic mass is 19.4. The fraction of sp³-hybridized carbons (Fsp3) is 0.630. The smallest absolute Gasteiger partial charge is 0.417 e. The molecule has 1 aliphatic carbocycles. The van der Waals surface area contributed by atoms with E-state index in [0.29, 0.717) is 56.8 Å². The Morgan fingerprint density at radius 2 is 2.10 bits per heavy atom. The van der Waals surface area contributed by atoms with Gasteiger partial charge in [-0.2, -0.15) is 13.2 Å². The first-order valence-corrected chi connectivity index (χ1v) is 13.6. The van der Waals surface area contributed by atoms with Gasteiger partial charge < -0.3 is 29.0 Å². The third-order valence-electron chi connectivity index (χ3n) is 8.91. The SMILES string of the molecule is COC1COCCC1N[C@@H]1C[C@H]2CN(C(=O)c3ncco3)C[C@@]2(C(=O)N2CCc3ncc(C(F)(F)F)cc3C2)C1. The Labute approximate surface area is 229 Å². The number of rotatable bonds is 5. The Bertz CT molecular complexity index is 1260. The molecule has 2 unspecified atom stereocenters. The van der Waals surface area contributed by atoms with Crippen molar-refractivity contribution < 1.29 is 36.7 Å². The first-order valence-electron chi connectivity index (χ1n) is 13.6. The van der Waals surface area contributed by atoms with Crippen LogP contribution >= 0.6 is 0 Å². The van der Waals surface area contributed by atoms with Gasteiger partial charge in [-0.1, -0.05) is 0 Å². The zero-order chi connectivity index (χ0) is 28.1. The van der Waals surface area contributed by atoms with Gasteiger partial charge in [0.1, 0.15) is 6.26 Å². The van der Waals surface area contributed by atoms with E-state index in [1.54, 1.807) is 16.9 Å². The number of carbonyl (C=O) groups is 2. The Morgan fingerprint density at radius 1 is 1.25 bits per heavy atom. The van der Waals surface area contributed by atoms with Crippen LogP contribution < -0.4 is 5.32 Å². The number of fused-ring (bicyclic) bond motifs is 2. The van der Waals surface area contributed by atoms with Gasteiger partial charge in [-0.15, -0.1) is 0 Å². The highest BCUT2D eigenvalue weighted by Crippen LogP contribution is 2.51. The van der Waals surface area contributed by atoms with Crippen LogP contribution in [-0.2, 0) is 33.4 Å². The van der Waals surface area contributed by atoms with Crippen molar-refractivity contribution in [3.05, 3.63) is 47.4 Å². The maximum atomic E-state index is 14.3. The zero-order valence-electron chi connectivity index (χ0n) is 22.2. The second-order valence-corrected chi connectivity index (χ2v) is 11.2. The van der Waals surface area contributed by atoms with Crippen molar-refractivity contribution in [2.45, 2.75) is 56.6 Å².